The SMILES string of the molecule is CCc1c(CC2=CCC=C2)[nH]c(C(=O)OC(C)(C)C)c1C. The molecule has 1 heterocycles. The molecule has 1 aliphatic carbocycles. The van der Waals surface area contributed by atoms with Gasteiger partial charge in [0.05, 0.1) is 0 Å². The van der Waals surface area contributed by atoms with Crippen molar-refractivity contribution in [2.45, 2.75) is 59.5 Å². The number of H-pyrrole nitrogens is 1. The standard InChI is InChI=1S/C18H25NO2/c1-6-14-12(2)16(17(20)21-18(3,4)5)19-15(14)11-13-9-7-8-10-13/h7,9-10,19H,6,8,11H2,1-5H3. The van der Waals surface area contributed by atoms with Crippen LogP contribution >= 0.6 is 0 Å². The molecule has 0 atom stereocenters. The van der Waals surface area contributed by atoms with Crippen LogP contribution in [0.4, 0.5) is 0 Å². The van der Waals surface area contributed by atoms with Crippen LogP contribution in [0, 0.1) is 6.92 Å². The fourth-order valence-corrected chi connectivity index (χ4v) is 2.70. The Hall–Kier alpha value is -1.77. The summed E-state index contributed by atoms with van der Waals surface area (Å²) in [5.41, 5.74) is 4.81. The monoisotopic (exact) mass is 287 g/mol. The number of hydrogen-bond donors (Lipinski definition) is 1. The molecule has 21 heavy (non-hydrogen) atoms. The van der Waals surface area contributed by atoms with Gasteiger partial charge in [0.1, 0.15) is 11.3 Å². The van der Waals surface area contributed by atoms with Crippen molar-refractivity contribution in [2.24, 2.45) is 0 Å². The van der Waals surface area contributed by atoms with E-state index in [0.29, 0.717) is 5.69 Å². The van der Waals surface area contributed by atoms with Crippen molar-refractivity contribution in [2.75, 3.05) is 0 Å². The molecule has 1 aromatic heterocycles. The molecule has 1 aliphatic rings. The Labute approximate surface area is 127 Å². The molecule has 0 unspecified atom stereocenters. The van der Waals surface area contributed by atoms with Crippen LogP contribution in [0.1, 0.15) is 61.4 Å². The minimum Gasteiger partial charge on any atom is -0.455 e. The third kappa shape index (κ3) is 3.66. The van der Waals surface area contributed by atoms with E-state index < -0.39 is 5.60 Å². The van der Waals surface area contributed by atoms with Crippen molar-refractivity contribution in [1.82, 2.24) is 4.98 Å². The number of aromatic amines is 1. The van der Waals surface area contributed by atoms with Gasteiger partial charge >= 0.3 is 5.97 Å². The van der Waals surface area contributed by atoms with Crippen molar-refractivity contribution in [3.8, 4) is 0 Å². The summed E-state index contributed by atoms with van der Waals surface area (Å²) < 4.78 is 5.49. The number of nitrogens with one attached hydrogen (secondary N) is 1. The van der Waals surface area contributed by atoms with Gasteiger partial charge in [-0.3, -0.25) is 0 Å². The molecule has 3 nitrogen and oxygen atoms in total. The lowest BCUT2D eigenvalue weighted by Crippen LogP contribution is -2.24. The quantitative estimate of drug-likeness (QED) is 0.840. The predicted octanol–water partition coefficient (Wildman–Crippen LogP) is 4.27. The van der Waals surface area contributed by atoms with E-state index in [1.165, 1.54) is 11.1 Å². The zero-order valence-corrected chi connectivity index (χ0v) is 13.7. The van der Waals surface area contributed by atoms with Gasteiger partial charge in [-0.05, 0) is 57.2 Å². The van der Waals surface area contributed by atoms with Crippen LogP contribution < -0.4 is 0 Å². The van der Waals surface area contributed by atoms with Gasteiger partial charge in [-0.2, -0.15) is 0 Å². The second-order valence-corrected chi connectivity index (χ2v) is 6.53. The molecule has 3 heteroatoms. The van der Waals surface area contributed by atoms with Crippen LogP contribution in [0.5, 0.6) is 0 Å². The van der Waals surface area contributed by atoms with E-state index in [1.807, 2.05) is 27.7 Å². The van der Waals surface area contributed by atoms with Gasteiger partial charge in [0, 0.05) is 12.1 Å². The zero-order chi connectivity index (χ0) is 15.6. The number of hydrogen-bond acceptors (Lipinski definition) is 2. The number of aromatic nitrogens is 1. The maximum absolute atomic E-state index is 12.3. The largest absolute Gasteiger partial charge is 0.455 e. The van der Waals surface area contributed by atoms with Gasteiger partial charge in [0.25, 0.3) is 0 Å². The molecule has 0 amide bonds. The highest BCUT2D eigenvalue weighted by molar-refractivity contribution is 5.90. The number of allylic oxidation sites excluding steroid dienone is 4. The number of rotatable bonds is 4. The second kappa shape index (κ2) is 5.92. The van der Waals surface area contributed by atoms with Crippen molar-refractivity contribution < 1.29 is 9.53 Å². The Morgan fingerprint density at radius 3 is 2.62 bits per heavy atom. The van der Waals surface area contributed by atoms with Crippen molar-refractivity contribution in [1.29, 1.82) is 0 Å². The van der Waals surface area contributed by atoms with E-state index in [-0.39, 0.29) is 5.97 Å². The van der Waals surface area contributed by atoms with Crippen LogP contribution in [0.2, 0.25) is 0 Å². The average molecular weight is 287 g/mol. The molecule has 0 fully saturated rings. The molecule has 114 valence electrons. The fraction of sp³-hybridized carbons (Fsp3) is 0.500. The van der Waals surface area contributed by atoms with Gasteiger partial charge < -0.3 is 9.72 Å². The molecule has 0 aromatic carbocycles. The van der Waals surface area contributed by atoms with Crippen LogP contribution in [0.25, 0.3) is 0 Å². The molecule has 0 bridgehead atoms. The third-order valence-corrected chi connectivity index (χ3v) is 3.65. The molecule has 1 aromatic rings. The van der Waals surface area contributed by atoms with Gasteiger partial charge in [-0.25, -0.2) is 4.79 Å². The predicted molar refractivity (Wildman–Crippen MR) is 85.6 cm³/mol. The summed E-state index contributed by atoms with van der Waals surface area (Å²) in [5, 5.41) is 0. The minimum atomic E-state index is -0.474. The van der Waals surface area contributed by atoms with E-state index in [9.17, 15) is 4.79 Å². The highest BCUT2D eigenvalue weighted by atomic mass is 16.6. The van der Waals surface area contributed by atoms with Crippen molar-refractivity contribution in [3.05, 3.63) is 46.3 Å². The summed E-state index contributed by atoms with van der Waals surface area (Å²) in [5.74, 6) is -0.267. The average Bonchev–Trinajstić information content (AvgIpc) is 2.96. The van der Waals surface area contributed by atoms with Gasteiger partial charge in [0.2, 0.25) is 0 Å². The summed E-state index contributed by atoms with van der Waals surface area (Å²) in [7, 11) is 0. The first-order chi connectivity index (χ1) is 9.81. The minimum absolute atomic E-state index is 0.267. The van der Waals surface area contributed by atoms with Crippen molar-refractivity contribution in [3.63, 3.8) is 0 Å². The molecule has 2 rings (SSSR count). The molecule has 0 radical (unpaired) electrons. The highest BCUT2D eigenvalue weighted by Crippen LogP contribution is 2.25. The number of carbonyl (C=O) groups is 1. The molecule has 0 saturated heterocycles. The van der Waals surface area contributed by atoms with Gasteiger partial charge in [0.15, 0.2) is 0 Å². The first kappa shape index (κ1) is 15.6. The normalized spacial score (nSPS) is 14.4. The smallest absolute Gasteiger partial charge is 0.355 e. The van der Waals surface area contributed by atoms with Gasteiger partial charge in [-0.15, -0.1) is 0 Å². The topological polar surface area (TPSA) is 42.1 Å². The number of ether oxygens (including phenoxy) is 1. The van der Waals surface area contributed by atoms with Crippen LogP contribution in [0.15, 0.2) is 23.8 Å². The van der Waals surface area contributed by atoms with E-state index in [0.717, 1.165) is 30.5 Å². The summed E-state index contributed by atoms with van der Waals surface area (Å²) in [6.07, 6.45) is 9.31. The van der Waals surface area contributed by atoms with E-state index >= 15 is 0 Å². The zero-order valence-electron chi connectivity index (χ0n) is 13.7. The second-order valence-electron chi connectivity index (χ2n) is 6.53. The summed E-state index contributed by atoms with van der Waals surface area (Å²) in [6.45, 7) is 9.78. The Morgan fingerprint density at radius 2 is 2.10 bits per heavy atom. The molecule has 1 N–H and O–H groups in total. The number of carbonyl (C=O) groups excluding carboxylic acids is 1. The summed E-state index contributed by atoms with van der Waals surface area (Å²) in [4.78, 5) is 15.6. The Bertz CT molecular complexity index is 597. The molecular weight excluding hydrogens is 262 g/mol. The van der Waals surface area contributed by atoms with Crippen LogP contribution in [0.3, 0.4) is 0 Å². The van der Waals surface area contributed by atoms with Crippen LogP contribution in [-0.4, -0.2) is 16.6 Å². The Kier molecular flexibility index (Phi) is 4.40. The highest BCUT2D eigenvalue weighted by Gasteiger charge is 2.23. The lowest BCUT2D eigenvalue weighted by atomic mass is 10.0. The van der Waals surface area contributed by atoms with E-state index in [1.54, 1.807) is 0 Å². The first-order valence-electron chi connectivity index (χ1n) is 7.61. The van der Waals surface area contributed by atoms with Crippen molar-refractivity contribution >= 4 is 5.97 Å². The van der Waals surface area contributed by atoms with Gasteiger partial charge in [-0.1, -0.05) is 25.2 Å². The molecule has 0 spiro atoms. The van der Waals surface area contributed by atoms with E-state index in [2.05, 4.69) is 30.1 Å². The molecule has 0 saturated carbocycles. The third-order valence-electron chi connectivity index (χ3n) is 3.65. The Morgan fingerprint density at radius 1 is 1.38 bits per heavy atom. The van der Waals surface area contributed by atoms with Crippen LogP contribution in [-0.2, 0) is 17.6 Å². The molecule has 0 aliphatic heterocycles. The maximum atomic E-state index is 12.3. The number of esters is 1. The lowest BCUT2D eigenvalue weighted by Gasteiger charge is -2.19. The molecular formula is C18H25NO2. The Balaban J connectivity index is 2.29. The fourth-order valence-electron chi connectivity index (χ4n) is 2.70. The maximum Gasteiger partial charge on any atom is 0.355 e. The summed E-state index contributed by atoms with van der Waals surface area (Å²) >= 11 is 0. The van der Waals surface area contributed by atoms with E-state index in [4.69, 9.17) is 4.74 Å². The lowest BCUT2D eigenvalue weighted by molar-refractivity contribution is 0.00626. The summed E-state index contributed by atoms with van der Waals surface area (Å²) in [6, 6.07) is 0. The first-order valence-corrected chi connectivity index (χ1v) is 7.61.